The minimum absolute atomic E-state index is 0.126. The average Bonchev–Trinajstić information content (AvgIpc) is 2.59. The second kappa shape index (κ2) is 6.87. The summed E-state index contributed by atoms with van der Waals surface area (Å²) in [6, 6.07) is 10.7. The van der Waals surface area contributed by atoms with Crippen molar-refractivity contribution < 1.29 is 4.79 Å². The number of hydrogen-bond acceptors (Lipinski definition) is 6. The molecule has 0 saturated heterocycles. The Labute approximate surface area is 147 Å². The van der Waals surface area contributed by atoms with E-state index in [1.807, 2.05) is 6.07 Å². The molecule has 0 amide bonds. The predicted molar refractivity (Wildman–Crippen MR) is 95.6 cm³/mol. The van der Waals surface area contributed by atoms with Crippen LogP contribution in [0.1, 0.15) is 34.4 Å². The monoisotopic (exact) mass is 350 g/mol. The van der Waals surface area contributed by atoms with Crippen molar-refractivity contribution in [2.24, 2.45) is 0 Å². The summed E-state index contributed by atoms with van der Waals surface area (Å²) < 4.78 is 0. The highest BCUT2D eigenvalue weighted by Gasteiger charge is 2.13. The van der Waals surface area contributed by atoms with Crippen LogP contribution in [0.2, 0.25) is 0 Å². The molecule has 1 aromatic carbocycles. The predicted octanol–water partition coefficient (Wildman–Crippen LogP) is 2.99. The number of pyridine rings is 1. The van der Waals surface area contributed by atoms with Crippen LogP contribution in [0.15, 0.2) is 40.2 Å². The number of thioether (sulfide) groups is 1. The number of hydrogen-bond donors (Lipinski definition) is 1. The summed E-state index contributed by atoms with van der Waals surface area (Å²) in [5, 5.41) is 10.4. The van der Waals surface area contributed by atoms with Gasteiger partial charge in [0.2, 0.25) is 0 Å². The van der Waals surface area contributed by atoms with Crippen LogP contribution in [0.3, 0.4) is 0 Å². The summed E-state index contributed by atoms with van der Waals surface area (Å²) in [6.45, 7) is 3.18. The number of carbonyl (C=O) groups excluding carboxylic acids is 1. The van der Waals surface area contributed by atoms with E-state index in [0.29, 0.717) is 44.3 Å². The lowest BCUT2D eigenvalue weighted by molar-refractivity contribution is 0.101. The molecule has 0 aliphatic rings. The molecule has 1 N–H and O–H groups in total. The van der Waals surface area contributed by atoms with Gasteiger partial charge in [0.15, 0.2) is 5.78 Å². The molecular weight excluding hydrogens is 336 g/mol. The fraction of sp³-hybridized carbons (Fsp3) is 0.167. The van der Waals surface area contributed by atoms with Crippen molar-refractivity contribution in [2.45, 2.75) is 24.6 Å². The van der Waals surface area contributed by atoms with Gasteiger partial charge in [0.1, 0.15) is 16.9 Å². The van der Waals surface area contributed by atoms with Crippen LogP contribution in [-0.2, 0) is 5.75 Å². The molecule has 0 spiro atoms. The third-order valence-corrected chi connectivity index (χ3v) is 4.69. The number of H-pyrrole nitrogens is 1. The molecule has 0 bridgehead atoms. The number of fused-ring (bicyclic) bond motifs is 1. The highest BCUT2D eigenvalue weighted by molar-refractivity contribution is 7.98. The molecule has 0 atom stereocenters. The van der Waals surface area contributed by atoms with Crippen LogP contribution < -0.4 is 5.56 Å². The lowest BCUT2D eigenvalue weighted by Crippen LogP contribution is -2.11. The van der Waals surface area contributed by atoms with Gasteiger partial charge in [-0.1, -0.05) is 23.9 Å². The lowest BCUT2D eigenvalue weighted by atomic mass is 10.1. The molecule has 3 rings (SSSR count). The Bertz CT molecular complexity index is 1080. The van der Waals surface area contributed by atoms with E-state index < -0.39 is 0 Å². The van der Waals surface area contributed by atoms with Crippen LogP contribution >= 0.6 is 11.8 Å². The van der Waals surface area contributed by atoms with Crippen LogP contribution in [0, 0.1) is 18.3 Å². The molecule has 2 heterocycles. The number of ketones is 1. The van der Waals surface area contributed by atoms with E-state index in [1.165, 1.54) is 18.7 Å². The van der Waals surface area contributed by atoms with Crippen LogP contribution in [0.4, 0.5) is 0 Å². The van der Waals surface area contributed by atoms with Crippen LogP contribution in [0.25, 0.3) is 10.9 Å². The smallest absolute Gasteiger partial charge is 0.258 e. The van der Waals surface area contributed by atoms with Crippen LogP contribution in [-0.4, -0.2) is 20.7 Å². The Morgan fingerprint density at radius 1 is 1.32 bits per heavy atom. The summed E-state index contributed by atoms with van der Waals surface area (Å²) in [4.78, 5) is 35.2. The molecule has 0 unspecified atom stereocenters. The highest BCUT2D eigenvalue weighted by Crippen LogP contribution is 2.25. The maximum absolute atomic E-state index is 12.1. The van der Waals surface area contributed by atoms with Gasteiger partial charge in [0, 0.05) is 11.3 Å². The van der Waals surface area contributed by atoms with Crippen molar-refractivity contribution in [3.63, 3.8) is 0 Å². The molecule has 0 saturated carbocycles. The van der Waals surface area contributed by atoms with Gasteiger partial charge < -0.3 is 4.98 Å². The van der Waals surface area contributed by atoms with E-state index in [0.717, 1.165) is 0 Å². The fourth-order valence-corrected chi connectivity index (χ4v) is 3.34. The van der Waals surface area contributed by atoms with E-state index in [2.05, 4.69) is 21.0 Å². The molecule has 6 nitrogen and oxygen atoms in total. The molecule has 0 aliphatic heterocycles. The molecule has 2 aromatic heterocycles. The van der Waals surface area contributed by atoms with Gasteiger partial charge in [-0.05, 0) is 32.0 Å². The summed E-state index contributed by atoms with van der Waals surface area (Å²) in [5.41, 5.74) is 1.78. The topological polar surface area (TPSA) is 99.5 Å². The van der Waals surface area contributed by atoms with Gasteiger partial charge in [0.25, 0.3) is 5.56 Å². The minimum Gasteiger partial charge on any atom is -0.309 e. The molecule has 25 heavy (non-hydrogen) atoms. The van der Waals surface area contributed by atoms with Gasteiger partial charge in [-0.3, -0.25) is 9.59 Å². The zero-order valence-corrected chi connectivity index (χ0v) is 14.5. The SMILES string of the molecule is CC(=O)c1cc(C#N)c(SCc2nc3ccccc3c(=O)[nH]2)nc1C. The number of aromatic amines is 1. The lowest BCUT2D eigenvalue weighted by Gasteiger charge is -2.08. The third-order valence-electron chi connectivity index (χ3n) is 3.69. The second-order valence-electron chi connectivity index (χ2n) is 5.46. The number of carbonyl (C=O) groups is 1. The van der Waals surface area contributed by atoms with Gasteiger partial charge in [-0.2, -0.15) is 5.26 Å². The third kappa shape index (κ3) is 3.44. The van der Waals surface area contributed by atoms with Crippen LogP contribution in [0.5, 0.6) is 0 Å². The molecule has 3 aromatic rings. The first-order valence-corrected chi connectivity index (χ1v) is 8.51. The molecule has 0 radical (unpaired) electrons. The number of aryl methyl sites for hydroxylation is 1. The molecule has 0 fully saturated rings. The minimum atomic E-state index is -0.197. The van der Waals surface area contributed by atoms with Crippen molar-refractivity contribution in [1.82, 2.24) is 15.0 Å². The zero-order chi connectivity index (χ0) is 18.0. The van der Waals surface area contributed by atoms with E-state index in [-0.39, 0.29) is 11.3 Å². The largest absolute Gasteiger partial charge is 0.309 e. The van der Waals surface area contributed by atoms with Crippen molar-refractivity contribution in [1.29, 1.82) is 5.26 Å². The maximum Gasteiger partial charge on any atom is 0.258 e. The Morgan fingerprint density at radius 3 is 2.80 bits per heavy atom. The first kappa shape index (κ1) is 16.9. The Balaban J connectivity index is 1.92. The van der Waals surface area contributed by atoms with E-state index in [1.54, 1.807) is 31.2 Å². The number of Topliss-reactive ketones (excluding diaryl/α,β-unsaturated/α-hetero) is 1. The molecule has 0 aliphatic carbocycles. The quantitative estimate of drug-likeness (QED) is 0.573. The standard InChI is InChI=1S/C18H14N4O2S/c1-10-14(11(2)23)7-12(8-19)18(20-10)25-9-16-21-15-6-4-3-5-13(15)17(24)22-16/h3-7H,9H2,1-2H3,(H,21,22,24). The number of nitriles is 1. The maximum atomic E-state index is 12.1. The summed E-state index contributed by atoms with van der Waals surface area (Å²) in [5.74, 6) is 0.743. The van der Waals surface area contributed by atoms with E-state index in [4.69, 9.17) is 0 Å². The molecule has 124 valence electrons. The van der Waals surface area contributed by atoms with E-state index in [9.17, 15) is 14.9 Å². The number of nitrogens with one attached hydrogen (secondary N) is 1. The Hall–Kier alpha value is -2.98. The molecular formula is C18H14N4O2S. The Kier molecular flexibility index (Phi) is 4.63. The normalized spacial score (nSPS) is 10.6. The number of para-hydroxylation sites is 1. The first-order valence-electron chi connectivity index (χ1n) is 7.53. The number of nitrogens with zero attached hydrogens (tertiary/aromatic N) is 3. The fourth-order valence-electron chi connectivity index (χ4n) is 2.47. The number of rotatable bonds is 4. The van der Waals surface area contributed by atoms with E-state index >= 15 is 0 Å². The van der Waals surface area contributed by atoms with Gasteiger partial charge in [0.05, 0.1) is 22.2 Å². The van der Waals surface area contributed by atoms with Gasteiger partial charge in [-0.15, -0.1) is 0 Å². The van der Waals surface area contributed by atoms with Gasteiger partial charge >= 0.3 is 0 Å². The Morgan fingerprint density at radius 2 is 2.08 bits per heavy atom. The summed E-state index contributed by atoms with van der Waals surface area (Å²) in [6.07, 6.45) is 0. The summed E-state index contributed by atoms with van der Waals surface area (Å²) in [7, 11) is 0. The van der Waals surface area contributed by atoms with Crippen molar-refractivity contribution in [3.05, 3.63) is 63.3 Å². The van der Waals surface area contributed by atoms with Gasteiger partial charge in [-0.25, -0.2) is 9.97 Å². The van der Waals surface area contributed by atoms with Crippen molar-refractivity contribution in [3.8, 4) is 6.07 Å². The van der Waals surface area contributed by atoms with Crippen molar-refractivity contribution in [2.75, 3.05) is 0 Å². The first-order chi connectivity index (χ1) is 12.0. The highest BCUT2D eigenvalue weighted by atomic mass is 32.2. The average molecular weight is 350 g/mol. The number of benzene rings is 1. The summed E-state index contributed by atoms with van der Waals surface area (Å²) >= 11 is 1.30. The molecule has 7 heteroatoms. The second-order valence-corrected chi connectivity index (χ2v) is 6.42. The zero-order valence-electron chi connectivity index (χ0n) is 13.7. The number of aromatic nitrogens is 3. The van der Waals surface area contributed by atoms with Crippen molar-refractivity contribution >= 4 is 28.4 Å².